The molecular weight excluding hydrogens is 382 g/mol. The van der Waals surface area contributed by atoms with E-state index in [4.69, 9.17) is 4.74 Å². The highest BCUT2D eigenvalue weighted by Gasteiger charge is 2.32. The van der Waals surface area contributed by atoms with Crippen molar-refractivity contribution in [1.29, 1.82) is 0 Å². The number of hydrogen-bond donors (Lipinski definition) is 0. The third kappa shape index (κ3) is 4.20. The Bertz CT molecular complexity index is 951. The molecule has 1 atom stereocenters. The number of carbonyl (C=O) groups is 1. The molecule has 0 saturated carbocycles. The van der Waals surface area contributed by atoms with Gasteiger partial charge < -0.3 is 14.5 Å². The number of hydrogen-bond acceptors (Lipinski definition) is 6. The molecule has 8 heteroatoms. The number of carbonyl (C=O) groups excluding carboxylic acids is 1. The van der Waals surface area contributed by atoms with Crippen LogP contribution in [0.5, 0.6) is 0 Å². The van der Waals surface area contributed by atoms with Crippen LogP contribution >= 0.6 is 0 Å². The van der Waals surface area contributed by atoms with Gasteiger partial charge in [-0.1, -0.05) is 0 Å². The van der Waals surface area contributed by atoms with Gasteiger partial charge in [-0.15, -0.1) is 0 Å². The molecule has 0 radical (unpaired) electrons. The standard InChI is InChI=1S/C22H31N5O3/c1-24-8-4-3-5-20(22(24)29)26-11-9-25(10-12-26)17-6-7-18-19(15-17)23-16-27(21(18)28)13-14-30-2/h6-7,15-16,20H,3-5,8-14H2,1-2H3. The normalized spacial score (nSPS) is 21.3. The Morgan fingerprint density at radius 1 is 1.10 bits per heavy atom. The lowest BCUT2D eigenvalue weighted by Crippen LogP contribution is -2.54. The second-order valence-electron chi connectivity index (χ2n) is 8.23. The molecule has 1 aromatic heterocycles. The van der Waals surface area contributed by atoms with Gasteiger partial charge in [0.2, 0.25) is 5.91 Å². The fourth-order valence-electron chi connectivity index (χ4n) is 4.50. The molecule has 0 spiro atoms. The molecule has 4 rings (SSSR count). The van der Waals surface area contributed by atoms with E-state index in [0.717, 1.165) is 57.7 Å². The van der Waals surface area contributed by atoms with Gasteiger partial charge in [-0.25, -0.2) is 4.98 Å². The second-order valence-corrected chi connectivity index (χ2v) is 8.23. The van der Waals surface area contributed by atoms with Gasteiger partial charge in [0.1, 0.15) is 0 Å². The van der Waals surface area contributed by atoms with Gasteiger partial charge in [0, 0.05) is 52.6 Å². The summed E-state index contributed by atoms with van der Waals surface area (Å²) in [5, 5.41) is 0.628. The molecule has 3 heterocycles. The summed E-state index contributed by atoms with van der Waals surface area (Å²) < 4.78 is 6.65. The number of benzene rings is 1. The minimum atomic E-state index is -0.0376. The van der Waals surface area contributed by atoms with E-state index in [9.17, 15) is 9.59 Å². The van der Waals surface area contributed by atoms with Crippen molar-refractivity contribution in [1.82, 2.24) is 19.4 Å². The van der Waals surface area contributed by atoms with Crippen LogP contribution in [-0.2, 0) is 16.1 Å². The zero-order valence-electron chi connectivity index (χ0n) is 17.9. The minimum absolute atomic E-state index is 0.0171. The number of likely N-dealkylation sites (N-methyl/N-ethyl adjacent to an activating group) is 1. The number of aromatic nitrogens is 2. The van der Waals surface area contributed by atoms with E-state index in [-0.39, 0.29) is 17.5 Å². The molecule has 0 aliphatic carbocycles. The van der Waals surface area contributed by atoms with Crippen molar-refractivity contribution >= 4 is 22.5 Å². The van der Waals surface area contributed by atoms with Crippen LogP contribution in [-0.4, -0.2) is 84.8 Å². The van der Waals surface area contributed by atoms with Crippen molar-refractivity contribution in [3.8, 4) is 0 Å². The molecule has 2 aromatic rings. The number of nitrogens with zero attached hydrogens (tertiary/aromatic N) is 5. The lowest BCUT2D eigenvalue weighted by molar-refractivity contribution is -0.135. The lowest BCUT2D eigenvalue weighted by Gasteiger charge is -2.40. The summed E-state index contributed by atoms with van der Waals surface area (Å²) in [6.45, 7) is 5.31. The Balaban J connectivity index is 1.45. The van der Waals surface area contributed by atoms with Crippen LogP contribution in [0.25, 0.3) is 10.9 Å². The average molecular weight is 414 g/mol. The highest BCUT2D eigenvalue weighted by Crippen LogP contribution is 2.23. The summed E-state index contributed by atoms with van der Waals surface area (Å²) in [5.74, 6) is 0.264. The quantitative estimate of drug-likeness (QED) is 0.733. The first-order valence-corrected chi connectivity index (χ1v) is 10.8. The van der Waals surface area contributed by atoms with Crippen molar-refractivity contribution in [2.24, 2.45) is 0 Å². The molecule has 30 heavy (non-hydrogen) atoms. The molecular formula is C22H31N5O3. The highest BCUT2D eigenvalue weighted by molar-refractivity contribution is 5.82. The number of anilines is 1. The van der Waals surface area contributed by atoms with E-state index in [2.05, 4.69) is 14.8 Å². The zero-order valence-corrected chi connectivity index (χ0v) is 17.9. The monoisotopic (exact) mass is 413 g/mol. The fraction of sp³-hybridized carbons (Fsp3) is 0.591. The Labute approximate surface area is 177 Å². The number of amides is 1. The van der Waals surface area contributed by atoms with Crippen LogP contribution in [0.4, 0.5) is 5.69 Å². The molecule has 1 aromatic carbocycles. The molecule has 2 fully saturated rings. The van der Waals surface area contributed by atoms with Crippen molar-refractivity contribution < 1.29 is 9.53 Å². The molecule has 0 bridgehead atoms. The van der Waals surface area contributed by atoms with Gasteiger partial charge in [-0.05, 0) is 37.5 Å². The summed E-state index contributed by atoms with van der Waals surface area (Å²) in [7, 11) is 3.54. The third-order valence-electron chi connectivity index (χ3n) is 6.35. The van der Waals surface area contributed by atoms with Crippen LogP contribution < -0.4 is 10.5 Å². The van der Waals surface area contributed by atoms with E-state index in [1.165, 1.54) is 0 Å². The third-order valence-corrected chi connectivity index (χ3v) is 6.35. The number of ether oxygens (including phenoxy) is 1. The first-order chi connectivity index (χ1) is 14.6. The van der Waals surface area contributed by atoms with Crippen LogP contribution in [0, 0.1) is 0 Å². The van der Waals surface area contributed by atoms with E-state index < -0.39 is 0 Å². The van der Waals surface area contributed by atoms with Crippen LogP contribution in [0.15, 0.2) is 29.3 Å². The summed E-state index contributed by atoms with van der Waals surface area (Å²) in [6, 6.07) is 5.90. The largest absolute Gasteiger partial charge is 0.383 e. The Morgan fingerprint density at radius 3 is 2.67 bits per heavy atom. The minimum Gasteiger partial charge on any atom is -0.383 e. The first-order valence-electron chi connectivity index (χ1n) is 10.8. The summed E-state index contributed by atoms with van der Waals surface area (Å²) >= 11 is 0. The number of rotatable bonds is 5. The van der Waals surface area contributed by atoms with E-state index >= 15 is 0 Å². The van der Waals surface area contributed by atoms with Crippen molar-refractivity contribution in [2.75, 3.05) is 58.4 Å². The smallest absolute Gasteiger partial charge is 0.261 e. The molecule has 1 unspecified atom stereocenters. The maximum Gasteiger partial charge on any atom is 0.261 e. The van der Waals surface area contributed by atoms with Crippen LogP contribution in [0.3, 0.4) is 0 Å². The second kappa shape index (κ2) is 9.14. The molecule has 1 amide bonds. The lowest BCUT2D eigenvalue weighted by atomic mass is 10.1. The van der Waals surface area contributed by atoms with Gasteiger partial charge in [0.25, 0.3) is 5.56 Å². The summed E-state index contributed by atoms with van der Waals surface area (Å²) in [4.78, 5) is 36.4. The van der Waals surface area contributed by atoms with Crippen LogP contribution in [0.2, 0.25) is 0 Å². The predicted molar refractivity (Wildman–Crippen MR) is 117 cm³/mol. The molecule has 2 aliphatic rings. The maximum atomic E-state index is 12.7. The Hall–Kier alpha value is -2.45. The van der Waals surface area contributed by atoms with Gasteiger partial charge >= 0.3 is 0 Å². The van der Waals surface area contributed by atoms with Gasteiger partial charge in [0.05, 0.1) is 36.4 Å². The molecule has 8 nitrogen and oxygen atoms in total. The Morgan fingerprint density at radius 2 is 1.90 bits per heavy atom. The van der Waals surface area contributed by atoms with E-state index in [0.29, 0.717) is 24.1 Å². The van der Waals surface area contributed by atoms with E-state index in [1.54, 1.807) is 18.0 Å². The van der Waals surface area contributed by atoms with Crippen LogP contribution in [0.1, 0.15) is 19.3 Å². The molecule has 2 aliphatic heterocycles. The SMILES string of the molecule is COCCn1cnc2cc(N3CCN(C4CCCCN(C)C4=O)CC3)ccc2c1=O. The summed E-state index contributed by atoms with van der Waals surface area (Å²) in [5.41, 5.74) is 1.76. The van der Waals surface area contributed by atoms with Crippen molar-refractivity contribution in [2.45, 2.75) is 31.8 Å². The topological polar surface area (TPSA) is 70.9 Å². The van der Waals surface area contributed by atoms with Gasteiger partial charge in [0.15, 0.2) is 0 Å². The van der Waals surface area contributed by atoms with Gasteiger partial charge in [-0.2, -0.15) is 0 Å². The molecule has 162 valence electrons. The molecule has 0 N–H and O–H groups in total. The van der Waals surface area contributed by atoms with E-state index in [1.807, 2.05) is 30.1 Å². The number of piperazine rings is 1. The Kier molecular flexibility index (Phi) is 6.34. The first kappa shape index (κ1) is 20.8. The fourth-order valence-corrected chi connectivity index (χ4v) is 4.50. The molecule has 2 saturated heterocycles. The summed E-state index contributed by atoms with van der Waals surface area (Å²) in [6.07, 6.45) is 4.76. The number of likely N-dealkylation sites (tertiary alicyclic amines) is 1. The van der Waals surface area contributed by atoms with Crippen molar-refractivity contribution in [3.63, 3.8) is 0 Å². The number of methoxy groups -OCH3 is 1. The van der Waals surface area contributed by atoms with Crippen molar-refractivity contribution in [3.05, 3.63) is 34.9 Å². The number of fused-ring (bicyclic) bond motifs is 1. The predicted octanol–water partition coefficient (Wildman–Crippen LogP) is 1.18. The average Bonchev–Trinajstić information content (AvgIpc) is 2.94. The highest BCUT2D eigenvalue weighted by atomic mass is 16.5. The van der Waals surface area contributed by atoms with Gasteiger partial charge in [-0.3, -0.25) is 19.1 Å². The maximum absolute atomic E-state index is 12.7. The zero-order chi connectivity index (χ0) is 21.1.